The first-order chi connectivity index (χ1) is 15.8. The number of rotatable bonds is 6. The molecule has 0 radical (unpaired) electrons. The van der Waals surface area contributed by atoms with Crippen molar-refractivity contribution in [2.75, 3.05) is 31.2 Å². The van der Waals surface area contributed by atoms with Crippen LogP contribution < -0.4 is 10.3 Å². The zero-order valence-electron chi connectivity index (χ0n) is 17.5. The Bertz CT molecular complexity index is 1310. The highest BCUT2D eigenvalue weighted by molar-refractivity contribution is 6.38. The summed E-state index contributed by atoms with van der Waals surface area (Å²) in [7, 11) is 0. The van der Waals surface area contributed by atoms with E-state index in [1.807, 2.05) is 6.07 Å². The first kappa shape index (κ1) is 22.2. The van der Waals surface area contributed by atoms with Gasteiger partial charge in [-0.15, -0.1) is 0 Å². The smallest absolute Gasteiger partial charge is 0.376 e. The maximum Gasteiger partial charge on any atom is 0.376 e. The molecule has 8 nitrogen and oxygen atoms in total. The van der Waals surface area contributed by atoms with Gasteiger partial charge in [-0.1, -0.05) is 12.1 Å². The minimum Gasteiger partial charge on any atom is -0.507 e. The fraction of sp³-hybridized carbons (Fsp3) is 0.208. The molecule has 33 heavy (non-hydrogen) atoms. The largest absolute Gasteiger partial charge is 0.507 e. The van der Waals surface area contributed by atoms with Crippen molar-refractivity contribution in [3.63, 3.8) is 0 Å². The predicted octanol–water partition coefficient (Wildman–Crippen LogP) is 2.58. The summed E-state index contributed by atoms with van der Waals surface area (Å²) in [5.41, 5.74) is 1.47. The van der Waals surface area contributed by atoms with Crippen molar-refractivity contribution in [3.8, 4) is 0 Å². The number of benzene rings is 2. The number of aliphatic carboxylic acids is 1. The minimum absolute atomic E-state index is 0.210. The second-order valence-electron chi connectivity index (χ2n) is 7.63. The van der Waals surface area contributed by atoms with E-state index in [-0.39, 0.29) is 23.3 Å². The number of carbonyl (C=O) groups is 2. The van der Waals surface area contributed by atoms with Gasteiger partial charge in [0.05, 0.1) is 24.3 Å². The number of morpholine rings is 1. The van der Waals surface area contributed by atoms with Gasteiger partial charge in [0, 0.05) is 43.0 Å². The molecule has 0 saturated carbocycles. The number of carboxylic acids is 1. The Labute approximate surface area is 187 Å². The SMILES string of the molecule is O=C(O)C(=O)C=C(O)c1cn(Cc2ccc(F)cc2)c2cc(N3CCOCC3)ccc2c1=O. The van der Waals surface area contributed by atoms with Crippen LogP contribution in [-0.4, -0.2) is 52.8 Å². The van der Waals surface area contributed by atoms with Crippen LogP contribution in [0.15, 0.2) is 59.5 Å². The van der Waals surface area contributed by atoms with Crippen LogP contribution in [0.5, 0.6) is 0 Å². The van der Waals surface area contributed by atoms with E-state index < -0.39 is 22.9 Å². The topological polar surface area (TPSA) is 109 Å². The Balaban J connectivity index is 1.87. The summed E-state index contributed by atoms with van der Waals surface area (Å²) >= 11 is 0. The highest BCUT2D eigenvalue weighted by Gasteiger charge is 2.18. The third-order valence-corrected chi connectivity index (χ3v) is 5.46. The van der Waals surface area contributed by atoms with E-state index in [9.17, 15) is 23.9 Å². The molecule has 0 amide bonds. The van der Waals surface area contributed by atoms with Gasteiger partial charge in [0.1, 0.15) is 11.6 Å². The lowest BCUT2D eigenvalue weighted by molar-refractivity contribution is -0.146. The third-order valence-electron chi connectivity index (χ3n) is 5.46. The van der Waals surface area contributed by atoms with Gasteiger partial charge in [0.25, 0.3) is 5.78 Å². The standard InChI is InChI=1S/C24H21FN2O6/c25-16-3-1-15(2-4-16)13-27-14-19(21(28)12-22(29)24(31)32)23(30)18-6-5-17(11-20(18)27)26-7-9-33-10-8-26/h1-6,11-12,14,28H,7-10,13H2,(H,31,32). The van der Waals surface area contributed by atoms with Gasteiger partial charge in [-0.3, -0.25) is 9.59 Å². The molecule has 0 spiro atoms. The van der Waals surface area contributed by atoms with Crippen molar-refractivity contribution < 1.29 is 28.9 Å². The number of pyridine rings is 1. The summed E-state index contributed by atoms with van der Waals surface area (Å²) < 4.78 is 20.5. The van der Waals surface area contributed by atoms with Crippen LogP contribution in [0, 0.1) is 5.82 Å². The Hall–Kier alpha value is -3.98. The van der Waals surface area contributed by atoms with Gasteiger partial charge in [-0.05, 0) is 35.9 Å². The number of halogens is 1. The fourth-order valence-electron chi connectivity index (χ4n) is 3.76. The van der Waals surface area contributed by atoms with Crippen molar-refractivity contribution in [2.45, 2.75) is 6.54 Å². The molecule has 3 aromatic rings. The molecule has 1 saturated heterocycles. The molecule has 2 N–H and O–H groups in total. The molecule has 1 fully saturated rings. The lowest BCUT2D eigenvalue weighted by Gasteiger charge is -2.29. The zero-order valence-corrected chi connectivity index (χ0v) is 17.5. The van der Waals surface area contributed by atoms with Crippen LogP contribution in [0.4, 0.5) is 10.1 Å². The van der Waals surface area contributed by atoms with Crippen molar-refractivity contribution in [1.29, 1.82) is 0 Å². The number of hydrogen-bond acceptors (Lipinski definition) is 6. The van der Waals surface area contributed by atoms with Crippen LogP contribution in [-0.2, 0) is 20.9 Å². The molecule has 1 aliphatic heterocycles. The summed E-state index contributed by atoms with van der Waals surface area (Å²) in [6.45, 7) is 2.83. The van der Waals surface area contributed by atoms with Gasteiger partial charge < -0.3 is 24.4 Å². The van der Waals surface area contributed by atoms with Crippen molar-refractivity contribution in [1.82, 2.24) is 4.57 Å². The Kier molecular flexibility index (Phi) is 6.23. The normalized spacial score (nSPS) is 14.5. The number of aliphatic hydroxyl groups excluding tert-OH is 1. The number of aromatic nitrogens is 1. The van der Waals surface area contributed by atoms with E-state index in [2.05, 4.69) is 4.90 Å². The highest BCUT2D eigenvalue weighted by Crippen LogP contribution is 2.24. The Morgan fingerprint density at radius 2 is 1.76 bits per heavy atom. The fourth-order valence-corrected chi connectivity index (χ4v) is 3.76. The van der Waals surface area contributed by atoms with Crippen molar-refractivity contribution >= 4 is 34.1 Å². The first-order valence-electron chi connectivity index (χ1n) is 10.3. The lowest BCUT2D eigenvalue weighted by atomic mass is 10.1. The summed E-state index contributed by atoms with van der Waals surface area (Å²) in [6, 6.07) is 11.1. The highest BCUT2D eigenvalue weighted by atomic mass is 19.1. The molecule has 4 rings (SSSR count). The number of anilines is 1. The van der Waals surface area contributed by atoms with Crippen molar-refractivity contribution in [2.24, 2.45) is 0 Å². The van der Waals surface area contributed by atoms with E-state index >= 15 is 0 Å². The van der Waals surface area contributed by atoms with Crippen molar-refractivity contribution in [3.05, 3.63) is 81.9 Å². The zero-order chi connectivity index (χ0) is 23.5. The molecule has 0 unspecified atom stereocenters. The predicted molar refractivity (Wildman–Crippen MR) is 120 cm³/mol. The average Bonchev–Trinajstić information content (AvgIpc) is 2.82. The van der Waals surface area contributed by atoms with Crippen LogP contribution in [0.1, 0.15) is 11.1 Å². The number of hydrogen-bond donors (Lipinski definition) is 2. The van der Waals surface area contributed by atoms with E-state index in [1.54, 1.807) is 28.8 Å². The number of nitrogens with zero attached hydrogens (tertiary/aromatic N) is 2. The van der Waals surface area contributed by atoms with Gasteiger partial charge in [0.15, 0.2) is 5.43 Å². The van der Waals surface area contributed by atoms with E-state index in [1.165, 1.54) is 18.3 Å². The molecule has 170 valence electrons. The van der Waals surface area contributed by atoms with E-state index in [0.717, 1.165) is 11.3 Å². The van der Waals surface area contributed by atoms with Crippen LogP contribution >= 0.6 is 0 Å². The van der Waals surface area contributed by atoms with E-state index in [0.29, 0.717) is 37.9 Å². The molecule has 2 heterocycles. The summed E-state index contributed by atoms with van der Waals surface area (Å²) in [5.74, 6) is -4.21. The second-order valence-corrected chi connectivity index (χ2v) is 7.63. The number of carbonyl (C=O) groups excluding carboxylic acids is 1. The maximum atomic E-state index is 13.4. The third kappa shape index (κ3) is 4.78. The van der Waals surface area contributed by atoms with Gasteiger partial charge in [-0.25, -0.2) is 9.18 Å². The molecular formula is C24H21FN2O6. The quantitative estimate of drug-likeness (QED) is 0.336. The molecule has 0 atom stereocenters. The number of fused-ring (bicyclic) bond motifs is 1. The summed E-state index contributed by atoms with van der Waals surface area (Å²) in [6.07, 6.45) is 1.88. The van der Waals surface area contributed by atoms with Gasteiger partial charge >= 0.3 is 5.97 Å². The Morgan fingerprint density at radius 3 is 2.42 bits per heavy atom. The number of ether oxygens (including phenoxy) is 1. The monoisotopic (exact) mass is 452 g/mol. The Morgan fingerprint density at radius 1 is 1.06 bits per heavy atom. The van der Waals surface area contributed by atoms with Gasteiger partial charge in [0.2, 0.25) is 0 Å². The van der Waals surface area contributed by atoms with Crippen LogP contribution in [0.25, 0.3) is 16.7 Å². The molecule has 0 aliphatic carbocycles. The van der Waals surface area contributed by atoms with Crippen LogP contribution in [0.2, 0.25) is 0 Å². The first-order valence-corrected chi connectivity index (χ1v) is 10.3. The molecular weight excluding hydrogens is 431 g/mol. The summed E-state index contributed by atoms with van der Waals surface area (Å²) in [4.78, 5) is 37.6. The maximum absolute atomic E-state index is 13.4. The number of aliphatic hydroxyl groups is 1. The molecule has 1 aliphatic rings. The second kappa shape index (κ2) is 9.25. The minimum atomic E-state index is -1.75. The molecule has 1 aromatic heterocycles. The van der Waals surface area contributed by atoms with E-state index in [4.69, 9.17) is 9.84 Å². The number of carboxylic acid groups (broad SMARTS) is 1. The average molecular weight is 452 g/mol. The molecule has 0 bridgehead atoms. The summed E-state index contributed by atoms with van der Waals surface area (Å²) in [5, 5.41) is 19.5. The lowest BCUT2D eigenvalue weighted by Crippen LogP contribution is -2.36. The van der Waals surface area contributed by atoms with Gasteiger partial charge in [-0.2, -0.15) is 0 Å². The molecule has 2 aromatic carbocycles. The number of ketones is 1. The van der Waals surface area contributed by atoms with Crippen LogP contribution in [0.3, 0.4) is 0 Å². The molecule has 9 heteroatoms.